The fourth-order valence-electron chi connectivity index (χ4n) is 2.85. The Kier molecular flexibility index (Phi) is 6.86. The molecule has 0 bridgehead atoms. The number of carbonyl (C=O) groups is 1. The molecule has 0 aromatic heterocycles. The Morgan fingerprint density at radius 2 is 2.00 bits per heavy atom. The van der Waals surface area contributed by atoms with Crippen molar-refractivity contribution in [2.45, 2.75) is 31.9 Å². The average Bonchev–Trinajstić information content (AvgIpc) is 2.54. The van der Waals surface area contributed by atoms with E-state index in [0.29, 0.717) is 12.5 Å². The normalized spacial score (nSPS) is 18.5. The summed E-state index contributed by atoms with van der Waals surface area (Å²) in [5.74, 6) is 0.586. The molecular formula is C17H25NO3. The molecule has 1 N–H and O–H groups in total. The van der Waals surface area contributed by atoms with E-state index in [2.05, 4.69) is 17.0 Å². The van der Waals surface area contributed by atoms with Crippen molar-refractivity contribution in [3.63, 3.8) is 0 Å². The highest BCUT2D eigenvalue weighted by atomic mass is 16.5. The molecule has 21 heavy (non-hydrogen) atoms. The minimum Gasteiger partial charge on any atom is -0.396 e. The van der Waals surface area contributed by atoms with Crippen LogP contribution < -0.4 is 0 Å². The van der Waals surface area contributed by atoms with Gasteiger partial charge >= 0.3 is 0 Å². The number of aliphatic hydroxyl groups is 1. The van der Waals surface area contributed by atoms with Crippen LogP contribution in [-0.2, 0) is 16.0 Å². The molecule has 0 radical (unpaired) electrons. The van der Waals surface area contributed by atoms with Crippen molar-refractivity contribution in [3.8, 4) is 0 Å². The van der Waals surface area contributed by atoms with Gasteiger partial charge in [-0.15, -0.1) is 0 Å². The highest BCUT2D eigenvalue weighted by Gasteiger charge is 2.24. The van der Waals surface area contributed by atoms with Crippen LogP contribution in [0.4, 0.5) is 0 Å². The Labute approximate surface area is 126 Å². The molecule has 1 heterocycles. The third-order valence-corrected chi connectivity index (χ3v) is 4.18. The summed E-state index contributed by atoms with van der Waals surface area (Å²) >= 11 is 0. The average molecular weight is 291 g/mol. The highest BCUT2D eigenvalue weighted by molar-refractivity contribution is 5.55. The van der Waals surface area contributed by atoms with E-state index in [0.717, 1.165) is 45.1 Å². The summed E-state index contributed by atoms with van der Waals surface area (Å²) in [4.78, 5) is 13.4. The molecule has 1 fully saturated rings. The van der Waals surface area contributed by atoms with Crippen LogP contribution in [-0.4, -0.2) is 48.8 Å². The Morgan fingerprint density at radius 3 is 2.62 bits per heavy atom. The van der Waals surface area contributed by atoms with Crippen molar-refractivity contribution in [1.29, 1.82) is 0 Å². The predicted octanol–water partition coefficient (Wildman–Crippen LogP) is 1.87. The lowest BCUT2D eigenvalue weighted by molar-refractivity contribution is -0.133. The molecule has 1 aromatic rings. The van der Waals surface area contributed by atoms with Crippen LogP contribution in [0.3, 0.4) is 0 Å². The molecule has 0 amide bonds. The molecule has 0 saturated carbocycles. The lowest BCUT2D eigenvalue weighted by atomic mass is 9.94. The molecule has 4 heteroatoms. The number of hydrogen-bond acceptors (Lipinski definition) is 4. The van der Waals surface area contributed by atoms with E-state index in [9.17, 15) is 4.79 Å². The molecule has 116 valence electrons. The van der Waals surface area contributed by atoms with Gasteiger partial charge in [-0.3, -0.25) is 9.69 Å². The van der Waals surface area contributed by atoms with Crippen molar-refractivity contribution >= 4 is 6.29 Å². The van der Waals surface area contributed by atoms with Gasteiger partial charge in [-0.2, -0.15) is 0 Å². The molecular weight excluding hydrogens is 266 g/mol. The number of piperidine rings is 1. The Balaban J connectivity index is 1.72. The Hall–Kier alpha value is -1.23. The minimum atomic E-state index is -0.427. The summed E-state index contributed by atoms with van der Waals surface area (Å²) in [6.07, 6.45) is 4.24. The zero-order chi connectivity index (χ0) is 14.9. The number of benzene rings is 1. The topological polar surface area (TPSA) is 49.8 Å². The first-order chi connectivity index (χ1) is 10.3. The summed E-state index contributed by atoms with van der Waals surface area (Å²) in [5, 5.41) is 8.97. The monoisotopic (exact) mass is 291 g/mol. The Morgan fingerprint density at radius 1 is 1.29 bits per heavy atom. The van der Waals surface area contributed by atoms with E-state index < -0.39 is 6.23 Å². The van der Waals surface area contributed by atoms with E-state index in [1.54, 1.807) is 0 Å². The van der Waals surface area contributed by atoms with E-state index in [1.807, 2.05) is 18.2 Å². The van der Waals surface area contributed by atoms with Gasteiger partial charge in [0.25, 0.3) is 0 Å². The SMILES string of the molecule is O=CC(OCCc1ccccc1)N1CCC(CCO)CC1. The highest BCUT2D eigenvalue weighted by Crippen LogP contribution is 2.21. The second-order valence-electron chi connectivity index (χ2n) is 5.62. The summed E-state index contributed by atoms with van der Waals surface area (Å²) in [6, 6.07) is 10.2. The van der Waals surface area contributed by atoms with E-state index in [-0.39, 0.29) is 6.61 Å². The first-order valence-electron chi connectivity index (χ1n) is 7.79. The zero-order valence-electron chi connectivity index (χ0n) is 12.5. The van der Waals surface area contributed by atoms with Crippen molar-refractivity contribution in [3.05, 3.63) is 35.9 Å². The van der Waals surface area contributed by atoms with E-state index in [4.69, 9.17) is 9.84 Å². The fourth-order valence-corrected chi connectivity index (χ4v) is 2.85. The van der Waals surface area contributed by atoms with Gasteiger partial charge in [0.2, 0.25) is 0 Å². The van der Waals surface area contributed by atoms with Crippen LogP contribution in [0.25, 0.3) is 0 Å². The lowest BCUT2D eigenvalue weighted by Gasteiger charge is -2.34. The van der Waals surface area contributed by atoms with Gasteiger partial charge in [0, 0.05) is 19.7 Å². The minimum absolute atomic E-state index is 0.259. The van der Waals surface area contributed by atoms with Crippen molar-refractivity contribution in [2.75, 3.05) is 26.3 Å². The molecule has 1 aliphatic rings. The van der Waals surface area contributed by atoms with Gasteiger partial charge in [-0.1, -0.05) is 30.3 Å². The molecule has 0 aliphatic carbocycles. The number of aldehydes is 1. The van der Waals surface area contributed by atoms with Gasteiger partial charge < -0.3 is 9.84 Å². The summed E-state index contributed by atoms with van der Waals surface area (Å²) < 4.78 is 5.74. The Bertz CT molecular complexity index is 402. The fraction of sp³-hybridized carbons (Fsp3) is 0.588. The first-order valence-corrected chi connectivity index (χ1v) is 7.79. The second kappa shape index (κ2) is 8.93. The molecule has 1 atom stereocenters. The number of ether oxygens (including phenoxy) is 1. The smallest absolute Gasteiger partial charge is 0.167 e. The molecule has 0 spiro atoms. The molecule has 1 aliphatic heterocycles. The first kappa shape index (κ1) is 16.1. The number of nitrogens with zero attached hydrogens (tertiary/aromatic N) is 1. The van der Waals surface area contributed by atoms with Crippen LogP contribution in [0.1, 0.15) is 24.8 Å². The number of hydrogen-bond donors (Lipinski definition) is 1. The maximum absolute atomic E-state index is 11.2. The van der Waals surface area contributed by atoms with Gasteiger partial charge in [-0.25, -0.2) is 0 Å². The maximum Gasteiger partial charge on any atom is 0.167 e. The number of likely N-dealkylation sites (tertiary alicyclic amines) is 1. The van der Waals surface area contributed by atoms with Crippen LogP contribution in [0.15, 0.2) is 30.3 Å². The summed E-state index contributed by atoms with van der Waals surface area (Å²) in [7, 11) is 0. The largest absolute Gasteiger partial charge is 0.396 e. The predicted molar refractivity (Wildman–Crippen MR) is 81.9 cm³/mol. The summed E-state index contributed by atoms with van der Waals surface area (Å²) in [6.45, 7) is 2.57. The molecule has 1 aromatic carbocycles. The van der Waals surface area contributed by atoms with Crippen LogP contribution in [0.2, 0.25) is 0 Å². The van der Waals surface area contributed by atoms with Crippen molar-refractivity contribution in [1.82, 2.24) is 4.90 Å². The molecule has 2 rings (SSSR count). The molecule has 1 unspecified atom stereocenters. The zero-order valence-corrected chi connectivity index (χ0v) is 12.5. The van der Waals surface area contributed by atoms with Gasteiger partial charge in [0.1, 0.15) is 0 Å². The third-order valence-electron chi connectivity index (χ3n) is 4.18. The number of aliphatic hydroxyl groups excluding tert-OH is 1. The maximum atomic E-state index is 11.2. The van der Waals surface area contributed by atoms with Gasteiger partial charge in [-0.05, 0) is 37.2 Å². The number of carbonyl (C=O) groups excluding carboxylic acids is 1. The quantitative estimate of drug-likeness (QED) is 0.743. The van der Waals surface area contributed by atoms with Crippen LogP contribution in [0, 0.1) is 5.92 Å². The third kappa shape index (κ3) is 5.23. The number of rotatable bonds is 8. The van der Waals surface area contributed by atoms with Crippen molar-refractivity contribution in [2.24, 2.45) is 5.92 Å². The van der Waals surface area contributed by atoms with Crippen LogP contribution >= 0.6 is 0 Å². The van der Waals surface area contributed by atoms with Gasteiger partial charge in [0.15, 0.2) is 12.5 Å². The summed E-state index contributed by atoms with van der Waals surface area (Å²) in [5.41, 5.74) is 1.23. The standard InChI is InChI=1S/C17H25NO3/c19-12-8-16-6-10-18(11-7-16)17(14-20)21-13-9-15-4-2-1-3-5-15/h1-5,14,16-17,19H,6-13H2. The second-order valence-corrected chi connectivity index (χ2v) is 5.62. The van der Waals surface area contributed by atoms with Crippen LogP contribution in [0.5, 0.6) is 0 Å². The molecule has 1 saturated heterocycles. The molecule has 4 nitrogen and oxygen atoms in total. The van der Waals surface area contributed by atoms with Gasteiger partial charge in [0.05, 0.1) is 6.61 Å². The van der Waals surface area contributed by atoms with E-state index >= 15 is 0 Å². The lowest BCUT2D eigenvalue weighted by Crippen LogP contribution is -2.44. The van der Waals surface area contributed by atoms with E-state index in [1.165, 1.54) is 5.56 Å². The van der Waals surface area contributed by atoms with Crippen molar-refractivity contribution < 1.29 is 14.6 Å².